The lowest BCUT2D eigenvalue weighted by Crippen LogP contribution is -2.38. The van der Waals surface area contributed by atoms with Gasteiger partial charge in [0, 0.05) is 32.1 Å². The third kappa shape index (κ3) is 6.00. The Balaban J connectivity index is 1.62. The lowest BCUT2D eigenvalue weighted by Gasteiger charge is -2.33. The lowest BCUT2D eigenvalue weighted by atomic mass is 9.81. The number of nitrogens with zero attached hydrogens (tertiary/aromatic N) is 5. The molecule has 0 bridgehead atoms. The van der Waals surface area contributed by atoms with E-state index in [1.165, 1.54) is 15.4 Å². The molecule has 1 unspecified atom stereocenters. The average Bonchev–Trinajstić information content (AvgIpc) is 3.43. The van der Waals surface area contributed by atoms with Gasteiger partial charge in [-0.15, -0.1) is 0 Å². The van der Waals surface area contributed by atoms with Crippen molar-refractivity contribution in [3.63, 3.8) is 0 Å². The van der Waals surface area contributed by atoms with Crippen molar-refractivity contribution in [3.05, 3.63) is 47.2 Å². The highest BCUT2D eigenvalue weighted by Crippen LogP contribution is 2.41. The first-order valence-corrected chi connectivity index (χ1v) is 11.8. The summed E-state index contributed by atoms with van der Waals surface area (Å²) in [6, 6.07) is 2.57. The largest absolute Gasteiger partial charge is 0.401 e. The van der Waals surface area contributed by atoms with E-state index in [-0.39, 0.29) is 38.1 Å². The molecule has 4 rings (SSSR count). The van der Waals surface area contributed by atoms with Gasteiger partial charge in [0.25, 0.3) is 5.91 Å². The fourth-order valence-electron chi connectivity index (χ4n) is 4.56. The van der Waals surface area contributed by atoms with Crippen molar-refractivity contribution < 1.29 is 26.7 Å². The monoisotopic (exact) mass is 513 g/mol. The molecule has 3 aromatic rings. The highest BCUT2D eigenvalue weighted by atomic mass is 19.4. The minimum Gasteiger partial charge on any atom is -0.342 e. The zero-order valence-electron chi connectivity index (χ0n) is 19.9. The number of rotatable bonds is 8. The van der Waals surface area contributed by atoms with Gasteiger partial charge >= 0.3 is 6.18 Å². The number of hydrogen-bond acceptors (Lipinski definition) is 5. The third-order valence-corrected chi connectivity index (χ3v) is 6.49. The first kappa shape index (κ1) is 26.0. The quantitative estimate of drug-likeness (QED) is 0.441. The van der Waals surface area contributed by atoms with Crippen molar-refractivity contribution in [2.24, 2.45) is 5.92 Å². The Morgan fingerprint density at radius 3 is 2.67 bits per heavy atom. The van der Waals surface area contributed by atoms with E-state index < -0.39 is 30.6 Å². The molecule has 36 heavy (non-hydrogen) atoms. The topological polar surface area (TPSA) is 89.1 Å². The number of imidazole rings is 1. The Kier molecular flexibility index (Phi) is 7.30. The van der Waals surface area contributed by atoms with Gasteiger partial charge in [-0.1, -0.05) is 0 Å². The van der Waals surface area contributed by atoms with E-state index in [4.69, 9.17) is 0 Å². The van der Waals surface area contributed by atoms with Gasteiger partial charge in [-0.25, -0.2) is 18.3 Å². The summed E-state index contributed by atoms with van der Waals surface area (Å²) < 4.78 is 68.2. The molecule has 196 valence electrons. The fourth-order valence-corrected chi connectivity index (χ4v) is 4.56. The Morgan fingerprint density at radius 1 is 1.28 bits per heavy atom. The predicted octanol–water partition coefficient (Wildman–Crippen LogP) is 4.20. The molecule has 8 nitrogen and oxygen atoms in total. The van der Waals surface area contributed by atoms with Crippen LogP contribution in [-0.2, 0) is 13.1 Å². The maximum atomic E-state index is 13.9. The number of aromatic nitrogens is 5. The number of nitrogens with one attached hydrogen (secondary N) is 2. The number of carbonyl (C=O) groups excluding carboxylic acids is 1. The number of carbonyl (C=O) groups is 1. The van der Waals surface area contributed by atoms with E-state index in [9.17, 15) is 26.7 Å². The van der Waals surface area contributed by atoms with Crippen LogP contribution in [-0.4, -0.2) is 48.9 Å². The number of amides is 1. The van der Waals surface area contributed by atoms with Crippen LogP contribution in [0.25, 0.3) is 5.65 Å². The minimum absolute atomic E-state index is 0.0457. The molecule has 1 atom stereocenters. The molecule has 3 heterocycles. The van der Waals surface area contributed by atoms with Crippen molar-refractivity contribution in [3.8, 4) is 0 Å². The maximum Gasteiger partial charge on any atom is 0.401 e. The number of fused-ring (bicyclic) bond motifs is 1. The molecule has 1 aliphatic rings. The molecule has 0 aromatic carbocycles. The summed E-state index contributed by atoms with van der Waals surface area (Å²) >= 11 is 0. The van der Waals surface area contributed by atoms with Crippen molar-refractivity contribution in [2.75, 3.05) is 6.54 Å². The summed E-state index contributed by atoms with van der Waals surface area (Å²) in [5.41, 5.74) is 2.26. The van der Waals surface area contributed by atoms with Crippen LogP contribution < -0.4 is 10.6 Å². The molecule has 1 fully saturated rings. The molecule has 13 heteroatoms. The smallest absolute Gasteiger partial charge is 0.342 e. The van der Waals surface area contributed by atoms with Crippen molar-refractivity contribution >= 4 is 11.6 Å². The van der Waals surface area contributed by atoms with E-state index in [0.29, 0.717) is 34.8 Å². The molecule has 3 aromatic heterocycles. The zero-order chi connectivity index (χ0) is 26.1. The van der Waals surface area contributed by atoms with Crippen LogP contribution >= 0.6 is 0 Å². The summed E-state index contributed by atoms with van der Waals surface area (Å²) in [5, 5.41) is 13.8. The van der Waals surface area contributed by atoms with Gasteiger partial charge in [0.05, 0.1) is 30.2 Å². The molecule has 1 aliphatic carbocycles. The van der Waals surface area contributed by atoms with E-state index in [1.807, 2.05) is 6.92 Å². The maximum absolute atomic E-state index is 13.9. The van der Waals surface area contributed by atoms with Crippen molar-refractivity contribution in [2.45, 2.75) is 70.8 Å². The van der Waals surface area contributed by atoms with Crippen LogP contribution in [0.4, 0.5) is 22.0 Å². The van der Waals surface area contributed by atoms with Gasteiger partial charge in [-0.2, -0.15) is 23.4 Å². The lowest BCUT2D eigenvalue weighted by molar-refractivity contribution is -0.125. The summed E-state index contributed by atoms with van der Waals surface area (Å²) in [7, 11) is 0. The van der Waals surface area contributed by atoms with E-state index in [1.54, 1.807) is 25.3 Å². The molecule has 2 N–H and O–H groups in total. The SMILES string of the molecule is CCn1nccc1C(=O)NC(c1cn2nc(C)c(CNCC(F)(F)F)cc2n1)C1CCC(F)(F)CC1. The Bertz CT molecular complexity index is 1210. The molecule has 0 aliphatic heterocycles. The van der Waals surface area contributed by atoms with Gasteiger partial charge in [-0.3, -0.25) is 9.48 Å². The molecular weight excluding hydrogens is 485 g/mol. The normalized spacial score (nSPS) is 17.4. The van der Waals surface area contributed by atoms with E-state index >= 15 is 0 Å². The van der Waals surface area contributed by atoms with Crippen LogP contribution in [0, 0.1) is 12.8 Å². The molecule has 0 radical (unpaired) electrons. The van der Waals surface area contributed by atoms with Crippen LogP contribution in [0.1, 0.15) is 66.1 Å². The number of alkyl halides is 5. The van der Waals surface area contributed by atoms with Gasteiger partial charge in [0.15, 0.2) is 5.65 Å². The van der Waals surface area contributed by atoms with Gasteiger partial charge in [0.2, 0.25) is 5.92 Å². The second-order valence-corrected chi connectivity index (χ2v) is 9.12. The summed E-state index contributed by atoms with van der Waals surface area (Å²) in [4.78, 5) is 17.7. The van der Waals surface area contributed by atoms with Gasteiger partial charge in [0.1, 0.15) is 5.69 Å². The first-order chi connectivity index (χ1) is 17.0. The Hall–Kier alpha value is -3.09. The third-order valence-electron chi connectivity index (χ3n) is 6.49. The molecule has 0 saturated heterocycles. The number of hydrogen-bond donors (Lipinski definition) is 2. The highest BCUT2D eigenvalue weighted by Gasteiger charge is 2.39. The number of halogens is 5. The van der Waals surface area contributed by atoms with Crippen molar-refractivity contribution in [1.29, 1.82) is 0 Å². The van der Waals surface area contributed by atoms with E-state index in [2.05, 4.69) is 25.8 Å². The molecule has 1 amide bonds. The summed E-state index contributed by atoms with van der Waals surface area (Å²) in [5.74, 6) is -3.40. The Morgan fingerprint density at radius 2 is 2.00 bits per heavy atom. The highest BCUT2D eigenvalue weighted by molar-refractivity contribution is 5.92. The standard InChI is InChI=1S/C23H28F5N7O/c1-3-34-18(6-9-30-34)21(36)32-20(15-4-7-22(24,25)8-5-15)17-12-35-19(31-17)10-16(14(2)33-35)11-29-13-23(26,27)28/h6,9-10,12,15,20,29H,3-5,7-8,11,13H2,1-2H3,(H,32,36). The average molecular weight is 514 g/mol. The summed E-state index contributed by atoms with van der Waals surface area (Å²) in [6.45, 7) is 2.83. The van der Waals surface area contributed by atoms with Crippen LogP contribution in [0.5, 0.6) is 0 Å². The number of aryl methyl sites for hydroxylation is 2. The first-order valence-electron chi connectivity index (χ1n) is 11.8. The van der Waals surface area contributed by atoms with Crippen LogP contribution in [0.2, 0.25) is 0 Å². The Labute approximate surface area is 204 Å². The molecule has 0 spiro atoms. The van der Waals surface area contributed by atoms with Gasteiger partial charge < -0.3 is 10.6 Å². The fraction of sp³-hybridized carbons (Fsp3) is 0.565. The van der Waals surface area contributed by atoms with Crippen molar-refractivity contribution in [1.82, 2.24) is 35.0 Å². The predicted molar refractivity (Wildman–Crippen MR) is 120 cm³/mol. The minimum atomic E-state index is -4.33. The van der Waals surface area contributed by atoms with E-state index in [0.717, 1.165) is 0 Å². The molecule has 1 saturated carbocycles. The van der Waals surface area contributed by atoms with Crippen LogP contribution in [0.15, 0.2) is 24.5 Å². The second kappa shape index (κ2) is 10.1. The summed E-state index contributed by atoms with van der Waals surface area (Å²) in [6.07, 6.45) is -1.34. The second-order valence-electron chi connectivity index (χ2n) is 9.12. The van der Waals surface area contributed by atoms with Gasteiger partial charge in [-0.05, 0) is 50.3 Å². The zero-order valence-corrected chi connectivity index (χ0v) is 19.9. The van der Waals surface area contributed by atoms with Crippen LogP contribution in [0.3, 0.4) is 0 Å². The molecular formula is C23H28F5N7O.